The molecule has 0 saturated carbocycles. The van der Waals surface area contributed by atoms with E-state index in [2.05, 4.69) is 5.32 Å². The minimum Gasteiger partial charge on any atom is -0.352 e. The fourth-order valence-corrected chi connectivity index (χ4v) is 7.41. The van der Waals surface area contributed by atoms with Crippen LogP contribution in [0, 0.1) is 0 Å². The standard InChI is InChI=1S/C20H25N3O5S2/c1-2-13-29(25,26)22-11-9-16(10-12-22)21-19(24)14-23-17-7-3-5-15-6-4-8-18(20(15)17)30(23,27)28/h3-8,16H,2,9-14H2,1H3,(H,21,24). The van der Waals surface area contributed by atoms with E-state index in [0.29, 0.717) is 43.4 Å². The molecule has 162 valence electrons. The summed E-state index contributed by atoms with van der Waals surface area (Å²) in [5.74, 6) is -0.263. The molecule has 0 aromatic heterocycles. The SMILES string of the molecule is CCCS(=O)(=O)N1CCC(NC(=O)CN2c3cccc4cccc(c34)S2(=O)=O)CC1. The molecule has 2 aliphatic heterocycles. The average molecular weight is 452 g/mol. The second kappa shape index (κ2) is 7.82. The van der Waals surface area contributed by atoms with Gasteiger partial charge in [0.2, 0.25) is 15.9 Å². The highest BCUT2D eigenvalue weighted by molar-refractivity contribution is 7.93. The minimum atomic E-state index is -3.78. The summed E-state index contributed by atoms with van der Waals surface area (Å²) in [4.78, 5) is 12.9. The molecule has 1 N–H and O–H groups in total. The topological polar surface area (TPSA) is 104 Å². The first-order valence-electron chi connectivity index (χ1n) is 10.1. The predicted octanol–water partition coefficient (Wildman–Crippen LogP) is 1.67. The molecule has 0 spiro atoms. The van der Waals surface area contributed by atoms with E-state index >= 15 is 0 Å². The number of rotatable bonds is 6. The number of nitrogens with one attached hydrogen (secondary N) is 1. The van der Waals surface area contributed by atoms with Crippen molar-refractivity contribution in [1.29, 1.82) is 0 Å². The van der Waals surface area contributed by atoms with Crippen molar-refractivity contribution in [3.05, 3.63) is 36.4 Å². The first kappa shape index (κ1) is 21.1. The van der Waals surface area contributed by atoms with E-state index < -0.39 is 26.0 Å². The Kier molecular flexibility index (Phi) is 5.50. The van der Waals surface area contributed by atoms with Crippen molar-refractivity contribution in [3.63, 3.8) is 0 Å². The summed E-state index contributed by atoms with van der Waals surface area (Å²) in [6.07, 6.45) is 1.59. The van der Waals surface area contributed by atoms with Crippen molar-refractivity contribution in [2.75, 3.05) is 29.7 Å². The zero-order valence-electron chi connectivity index (χ0n) is 16.7. The van der Waals surface area contributed by atoms with Gasteiger partial charge in [0, 0.05) is 24.5 Å². The normalized spacial score (nSPS) is 19.3. The van der Waals surface area contributed by atoms with Gasteiger partial charge in [-0.3, -0.25) is 9.10 Å². The fraction of sp³-hybridized carbons (Fsp3) is 0.450. The first-order chi connectivity index (χ1) is 14.2. The van der Waals surface area contributed by atoms with Crippen LogP contribution in [0.4, 0.5) is 5.69 Å². The molecule has 1 fully saturated rings. The lowest BCUT2D eigenvalue weighted by atomic mass is 10.1. The molecule has 0 radical (unpaired) electrons. The molecule has 2 aliphatic rings. The summed E-state index contributed by atoms with van der Waals surface area (Å²) in [5.41, 5.74) is 0.513. The Morgan fingerprint density at radius 3 is 2.47 bits per heavy atom. The molecule has 0 unspecified atom stereocenters. The summed E-state index contributed by atoms with van der Waals surface area (Å²) in [6.45, 7) is 2.25. The third-order valence-electron chi connectivity index (χ3n) is 5.64. The van der Waals surface area contributed by atoms with E-state index in [-0.39, 0.29) is 23.2 Å². The molecule has 1 saturated heterocycles. The van der Waals surface area contributed by atoms with Gasteiger partial charge in [-0.25, -0.2) is 21.1 Å². The number of amides is 1. The smallest absolute Gasteiger partial charge is 0.265 e. The maximum atomic E-state index is 13.0. The fourth-order valence-electron chi connectivity index (χ4n) is 4.20. The maximum absolute atomic E-state index is 13.0. The molecule has 1 amide bonds. The Morgan fingerprint density at radius 2 is 1.80 bits per heavy atom. The first-order valence-corrected chi connectivity index (χ1v) is 13.1. The van der Waals surface area contributed by atoms with Crippen LogP contribution < -0.4 is 9.62 Å². The number of hydrogen-bond acceptors (Lipinski definition) is 5. The molecule has 2 aromatic carbocycles. The third-order valence-corrected chi connectivity index (χ3v) is 9.52. The molecule has 8 nitrogen and oxygen atoms in total. The van der Waals surface area contributed by atoms with Gasteiger partial charge in [0.25, 0.3) is 10.0 Å². The summed E-state index contributed by atoms with van der Waals surface area (Å²) in [7, 11) is -7.02. The predicted molar refractivity (Wildman–Crippen MR) is 115 cm³/mol. The van der Waals surface area contributed by atoms with Crippen molar-refractivity contribution in [1.82, 2.24) is 9.62 Å². The Balaban J connectivity index is 1.43. The Morgan fingerprint density at radius 1 is 1.13 bits per heavy atom. The van der Waals surface area contributed by atoms with Crippen molar-refractivity contribution >= 4 is 42.4 Å². The van der Waals surface area contributed by atoms with Crippen LogP contribution >= 0.6 is 0 Å². The molecule has 0 bridgehead atoms. The number of carbonyl (C=O) groups is 1. The van der Waals surface area contributed by atoms with Gasteiger partial charge in [0.1, 0.15) is 6.54 Å². The number of sulfonamides is 2. The Hall–Kier alpha value is -2.17. The van der Waals surface area contributed by atoms with E-state index in [9.17, 15) is 21.6 Å². The lowest BCUT2D eigenvalue weighted by Crippen LogP contribution is -2.49. The Bertz CT molecular complexity index is 1180. The zero-order chi connectivity index (χ0) is 21.5. The van der Waals surface area contributed by atoms with E-state index in [1.54, 1.807) is 24.3 Å². The molecule has 4 rings (SSSR count). The van der Waals surface area contributed by atoms with Gasteiger partial charge in [0.15, 0.2) is 0 Å². The summed E-state index contributed by atoms with van der Waals surface area (Å²) < 4.78 is 52.9. The van der Waals surface area contributed by atoms with E-state index in [1.165, 1.54) is 4.31 Å². The molecular formula is C20H25N3O5S2. The second-order valence-electron chi connectivity index (χ2n) is 7.70. The molecule has 2 aromatic rings. The third kappa shape index (κ3) is 3.67. The van der Waals surface area contributed by atoms with Crippen molar-refractivity contribution in [2.24, 2.45) is 0 Å². The van der Waals surface area contributed by atoms with Crippen molar-refractivity contribution in [3.8, 4) is 0 Å². The van der Waals surface area contributed by atoms with Crippen LogP contribution in [0.1, 0.15) is 26.2 Å². The zero-order valence-corrected chi connectivity index (χ0v) is 18.4. The van der Waals surface area contributed by atoms with Gasteiger partial charge in [0.05, 0.1) is 16.3 Å². The monoisotopic (exact) mass is 451 g/mol. The lowest BCUT2D eigenvalue weighted by Gasteiger charge is -2.32. The number of benzene rings is 2. The summed E-state index contributed by atoms with van der Waals surface area (Å²) >= 11 is 0. The Labute approximate surface area is 177 Å². The number of carbonyl (C=O) groups excluding carboxylic acids is 1. The summed E-state index contributed by atoms with van der Waals surface area (Å²) in [6, 6.07) is 10.3. The van der Waals surface area contributed by atoms with Crippen LogP contribution in [0.15, 0.2) is 41.3 Å². The average Bonchev–Trinajstić information content (AvgIpc) is 2.92. The van der Waals surface area contributed by atoms with E-state index in [0.717, 1.165) is 9.69 Å². The maximum Gasteiger partial charge on any atom is 0.265 e. The number of anilines is 1. The largest absolute Gasteiger partial charge is 0.352 e. The van der Waals surface area contributed by atoms with Gasteiger partial charge in [-0.1, -0.05) is 31.2 Å². The van der Waals surface area contributed by atoms with E-state index in [1.807, 2.05) is 19.1 Å². The highest BCUT2D eigenvalue weighted by Gasteiger charge is 2.37. The van der Waals surface area contributed by atoms with Crippen LogP contribution in [-0.2, 0) is 24.8 Å². The number of hydrogen-bond donors (Lipinski definition) is 1. The van der Waals surface area contributed by atoms with Crippen molar-refractivity contribution in [2.45, 2.75) is 37.1 Å². The number of piperidine rings is 1. The van der Waals surface area contributed by atoms with E-state index in [4.69, 9.17) is 0 Å². The van der Waals surface area contributed by atoms with Crippen LogP contribution in [0.25, 0.3) is 10.8 Å². The molecular weight excluding hydrogens is 426 g/mol. The highest BCUT2D eigenvalue weighted by Crippen LogP contribution is 2.41. The van der Waals surface area contributed by atoms with Crippen LogP contribution in [0.3, 0.4) is 0 Å². The highest BCUT2D eigenvalue weighted by atomic mass is 32.2. The minimum absolute atomic E-state index is 0.128. The second-order valence-corrected chi connectivity index (χ2v) is 11.6. The van der Waals surface area contributed by atoms with Gasteiger partial charge in [-0.05, 0) is 36.8 Å². The van der Waals surface area contributed by atoms with Crippen molar-refractivity contribution < 1.29 is 21.6 Å². The van der Waals surface area contributed by atoms with Gasteiger partial charge < -0.3 is 5.32 Å². The molecule has 10 heteroatoms. The van der Waals surface area contributed by atoms with Crippen LogP contribution in [-0.4, -0.2) is 58.5 Å². The number of nitrogens with zero attached hydrogens (tertiary/aromatic N) is 2. The molecule has 0 atom stereocenters. The lowest BCUT2D eigenvalue weighted by molar-refractivity contribution is -0.120. The van der Waals surface area contributed by atoms with Crippen LogP contribution in [0.5, 0.6) is 0 Å². The van der Waals surface area contributed by atoms with Gasteiger partial charge in [-0.15, -0.1) is 0 Å². The van der Waals surface area contributed by atoms with Crippen LogP contribution in [0.2, 0.25) is 0 Å². The quantitative estimate of drug-likeness (QED) is 0.720. The molecule has 0 aliphatic carbocycles. The summed E-state index contributed by atoms with van der Waals surface area (Å²) in [5, 5.41) is 4.34. The van der Waals surface area contributed by atoms with Gasteiger partial charge >= 0.3 is 0 Å². The molecule has 30 heavy (non-hydrogen) atoms. The van der Waals surface area contributed by atoms with Gasteiger partial charge in [-0.2, -0.15) is 0 Å². The molecule has 2 heterocycles.